The molecule has 4 nitrogen and oxygen atoms in total. The summed E-state index contributed by atoms with van der Waals surface area (Å²) >= 11 is 0. The van der Waals surface area contributed by atoms with Crippen LogP contribution in [0.3, 0.4) is 0 Å². The van der Waals surface area contributed by atoms with Crippen molar-refractivity contribution in [2.24, 2.45) is 0 Å². The lowest BCUT2D eigenvalue weighted by Gasteiger charge is -2.27. The molecule has 0 aliphatic rings. The van der Waals surface area contributed by atoms with E-state index in [4.69, 9.17) is 0 Å². The van der Waals surface area contributed by atoms with E-state index in [0.717, 1.165) is 45.5 Å². The Kier molecular flexibility index (Phi) is 12.7. The number of aryl methyl sites for hydroxylation is 2. The standard InChI is InChI=1S/C84H62N4/c1-55-57(3)85(67-43-47-71(48-44-67)87(81-31-15-23-61-19-7-11-27-77(61)81)69-39-33-63(34-40-69)75-29-13-21-59-17-5-9-25-73(59)75)83-51-37-65(53-79(55)83)66-38-52-84-80(54-66)56(2)58(4)86(84)68-45-49-72(50-46-68)88(82-32-16-24-62-20-8-12-28-78(62)82)70-41-35-64(36-42-70)76-30-14-22-60-18-6-10-26-74(60)76/h5-54H,1-4H3. The number of benzene rings is 14. The molecule has 0 amide bonds. The van der Waals surface area contributed by atoms with Crippen LogP contribution in [0.5, 0.6) is 0 Å². The summed E-state index contributed by atoms with van der Waals surface area (Å²) < 4.78 is 4.85. The van der Waals surface area contributed by atoms with Gasteiger partial charge in [-0.05, 0) is 214 Å². The molecule has 4 heteroatoms. The Morgan fingerprint density at radius 3 is 0.909 bits per heavy atom. The third-order valence-electron chi connectivity index (χ3n) is 18.6. The maximum Gasteiger partial charge on any atom is 0.0540 e. The second-order valence-electron chi connectivity index (χ2n) is 23.4. The van der Waals surface area contributed by atoms with Gasteiger partial charge in [0.25, 0.3) is 0 Å². The lowest BCUT2D eigenvalue weighted by atomic mass is 9.98. The van der Waals surface area contributed by atoms with Gasteiger partial charge in [0, 0.05) is 67.1 Å². The summed E-state index contributed by atoms with van der Waals surface area (Å²) in [4.78, 5) is 4.80. The average Bonchev–Trinajstić information content (AvgIpc) is 1.75. The van der Waals surface area contributed by atoms with E-state index < -0.39 is 0 Å². The summed E-state index contributed by atoms with van der Waals surface area (Å²) in [5.41, 5.74) is 23.6. The molecule has 0 N–H and O–H groups in total. The molecule has 0 spiro atoms. The Hall–Kier alpha value is -11.2. The van der Waals surface area contributed by atoms with Crippen LogP contribution in [0.25, 0.3) is 110 Å². The van der Waals surface area contributed by atoms with E-state index in [1.54, 1.807) is 0 Å². The van der Waals surface area contributed by atoms with Crippen LogP contribution in [0.1, 0.15) is 22.5 Å². The van der Waals surface area contributed by atoms with Crippen molar-refractivity contribution in [2.75, 3.05) is 9.80 Å². The van der Waals surface area contributed by atoms with E-state index in [-0.39, 0.29) is 0 Å². The van der Waals surface area contributed by atoms with E-state index in [1.165, 1.54) is 121 Å². The predicted molar refractivity (Wildman–Crippen MR) is 375 cm³/mol. The molecule has 418 valence electrons. The van der Waals surface area contributed by atoms with Crippen LogP contribution in [0.15, 0.2) is 303 Å². The van der Waals surface area contributed by atoms with Crippen molar-refractivity contribution >= 4 is 99.0 Å². The number of nitrogens with zero attached hydrogens (tertiary/aromatic N) is 4. The van der Waals surface area contributed by atoms with Crippen molar-refractivity contribution in [3.63, 3.8) is 0 Å². The van der Waals surface area contributed by atoms with Crippen LogP contribution in [0.2, 0.25) is 0 Å². The molecule has 0 saturated heterocycles. The van der Waals surface area contributed by atoms with Crippen LogP contribution >= 0.6 is 0 Å². The molecule has 0 aliphatic heterocycles. The maximum absolute atomic E-state index is 2.42. The molecule has 14 aromatic carbocycles. The summed E-state index contributed by atoms with van der Waals surface area (Å²) in [6.45, 7) is 9.04. The van der Waals surface area contributed by atoms with Crippen LogP contribution in [0.4, 0.5) is 34.1 Å². The number of aromatic nitrogens is 2. The van der Waals surface area contributed by atoms with Crippen molar-refractivity contribution in [1.82, 2.24) is 9.13 Å². The van der Waals surface area contributed by atoms with Gasteiger partial charge in [0.2, 0.25) is 0 Å². The van der Waals surface area contributed by atoms with Crippen molar-refractivity contribution in [3.8, 4) is 44.8 Å². The number of hydrogen-bond acceptors (Lipinski definition) is 2. The van der Waals surface area contributed by atoms with Crippen LogP contribution < -0.4 is 9.80 Å². The summed E-state index contributed by atoms with van der Waals surface area (Å²) in [6.07, 6.45) is 0. The quantitative estimate of drug-likeness (QED) is 0.128. The van der Waals surface area contributed by atoms with Gasteiger partial charge in [-0.25, -0.2) is 0 Å². The number of hydrogen-bond donors (Lipinski definition) is 0. The van der Waals surface area contributed by atoms with Gasteiger partial charge in [0.05, 0.1) is 22.4 Å². The van der Waals surface area contributed by atoms with Crippen LogP contribution in [0, 0.1) is 27.7 Å². The monoisotopic (exact) mass is 1130 g/mol. The van der Waals surface area contributed by atoms with Gasteiger partial charge in [0.1, 0.15) is 0 Å². The van der Waals surface area contributed by atoms with E-state index in [2.05, 4.69) is 350 Å². The highest BCUT2D eigenvalue weighted by Crippen LogP contribution is 2.44. The summed E-state index contributed by atoms with van der Waals surface area (Å²) in [5.74, 6) is 0. The van der Waals surface area contributed by atoms with E-state index in [1.807, 2.05) is 0 Å². The highest BCUT2D eigenvalue weighted by Gasteiger charge is 2.22. The first-order chi connectivity index (χ1) is 43.3. The second-order valence-corrected chi connectivity index (χ2v) is 23.4. The largest absolute Gasteiger partial charge is 0.314 e. The first-order valence-corrected chi connectivity index (χ1v) is 30.5. The minimum Gasteiger partial charge on any atom is -0.314 e. The fourth-order valence-corrected chi connectivity index (χ4v) is 13.9. The summed E-state index contributed by atoms with van der Waals surface area (Å²) in [7, 11) is 0. The minimum absolute atomic E-state index is 1.09. The number of rotatable bonds is 11. The predicted octanol–water partition coefficient (Wildman–Crippen LogP) is 23.4. The lowest BCUT2D eigenvalue weighted by Crippen LogP contribution is -2.10. The molecule has 16 rings (SSSR count). The third-order valence-corrected chi connectivity index (χ3v) is 18.6. The molecule has 2 heterocycles. The van der Waals surface area contributed by atoms with Gasteiger partial charge in [-0.3, -0.25) is 0 Å². The normalized spacial score (nSPS) is 11.6. The molecule has 88 heavy (non-hydrogen) atoms. The smallest absolute Gasteiger partial charge is 0.0540 e. The van der Waals surface area contributed by atoms with Gasteiger partial charge < -0.3 is 18.9 Å². The third kappa shape index (κ3) is 8.83. The first-order valence-electron chi connectivity index (χ1n) is 30.5. The van der Waals surface area contributed by atoms with Crippen molar-refractivity contribution in [3.05, 3.63) is 326 Å². The van der Waals surface area contributed by atoms with Gasteiger partial charge in [-0.1, -0.05) is 194 Å². The molecular formula is C84H62N4. The Bertz CT molecular complexity index is 5000. The Morgan fingerprint density at radius 2 is 0.534 bits per heavy atom. The molecule has 0 bridgehead atoms. The zero-order valence-electron chi connectivity index (χ0n) is 49.7. The van der Waals surface area contributed by atoms with Crippen LogP contribution in [-0.4, -0.2) is 9.13 Å². The Balaban J connectivity index is 0.710. The van der Waals surface area contributed by atoms with Crippen LogP contribution in [-0.2, 0) is 0 Å². The maximum atomic E-state index is 2.42. The molecule has 0 saturated carbocycles. The number of anilines is 6. The van der Waals surface area contributed by atoms with E-state index >= 15 is 0 Å². The van der Waals surface area contributed by atoms with Gasteiger partial charge in [-0.2, -0.15) is 0 Å². The average molecular weight is 1130 g/mol. The SMILES string of the molecule is Cc1c(C)n(-c2ccc(N(c3ccc(-c4cccc5ccccc45)cc3)c3cccc4ccccc34)cc2)c2ccc(-c3ccc4c(c3)c(C)c(C)n4-c3ccc(N(c4ccc(-c5cccc6ccccc56)cc4)c4cccc5ccccc45)cc3)cc12. The Labute approximate surface area is 513 Å². The topological polar surface area (TPSA) is 16.3 Å². The molecule has 16 aromatic rings. The fraction of sp³-hybridized carbons (Fsp3) is 0.0476. The molecule has 0 unspecified atom stereocenters. The van der Waals surface area contributed by atoms with Crippen molar-refractivity contribution in [1.29, 1.82) is 0 Å². The second kappa shape index (κ2) is 21.4. The van der Waals surface area contributed by atoms with Gasteiger partial charge >= 0.3 is 0 Å². The van der Waals surface area contributed by atoms with Crippen molar-refractivity contribution < 1.29 is 0 Å². The molecule has 0 fully saturated rings. The van der Waals surface area contributed by atoms with Gasteiger partial charge in [0.15, 0.2) is 0 Å². The molecular weight excluding hydrogens is 1060 g/mol. The molecule has 0 radical (unpaired) electrons. The van der Waals surface area contributed by atoms with E-state index in [9.17, 15) is 0 Å². The highest BCUT2D eigenvalue weighted by molar-refractivity contribution is 6.03. The molecule has 0 atom stereocenters. The summed E-state index contributed by atoms with van der Waals surface area (Å²) in [6, 6.07) is 111. The fourth-order valence-electron chi connectivity index (χ4n) is 13.9. The minimum atomic E-state index is 1.09. The summed E-state index contributed by atoms with van der Waals surface area (Å²) in [5, 5.41) is 12.3. The lowest BCUT2D eigenvalue weighted by molar-refractivity contribution is 1.04. The Morgan fingerprint density at radius 1 is 0.239 bits per heavy atom. The number of fused-ring (bicyclic) bond motifs is 6. The highest BCUT2D eigenvalue weighted by atomic mass is 15.2. The first kappa shape index (κ1) is 52.4. The molecule has 2 aromatic heterocycles. The van der Waals surface area contributed by atoms with Gasteiger partial charge in [-0.15, -0.1) is 0 Å². The van der Waals surface area contributed by atoms with E-state index in [0.29, 0.717) is 0 Å². The molecule has 0 aliphatic carbocycles. The zero-order valence-corrected chi connectivity index (χ0v) is 49.7. The van der Waals surface area contributed by atoms with Crippen molar-refractivity contribution in [2.45, 2.75) is 27.7 Å². The zero-order chi connectivity index (χ0) is 59.0.